The number of aromatic nitrogens is 4. The molecule has 1 saturated carbocycles. The lowest BCUT2D eigenvalue weighted by Crippen LogP contribution is -2.39. The molecule has 0 saturated heterocycles. The van der Waals surface area contributed by atoms with Crippen molar-refractivity contribution in [2.75, 3.05) is 0 Å². The van der Waals surface area contributed by atoms with Crippen LogP contribution in [0.3, 0.4) is 0 Å². The van der Waals surface area contributed by atoms with E-state index in [0.717, 1.165) is 24.2 Å². The summed E-state index contributed by atoms with van der Waals surface area (Å²) < 4.78 is 34.9. The number of imidazole rings is 1. The normalized spacial score (nSPS) is 21.2. The Hall–Kier alpha value is -2.00. The highest BCUT2D eigenvalue weighted by Gasteiger charge is 2.28. The Morgan fingerprint density at radius 2 is 1.80 bits per heavy atom. The smallest absolute Gasteiger partial charge is 0.317 e. The minimum absolute atomic E-state index is 0.0109. The first-order chi connectivity index (χ1) is 11.8. The van der Waals surface area contributed by atoms with Crippen molar-refractivity contribution in [1.82, 2.24) is 24.2 Å². The van der Waals surface area contributed by atoms with Gasteiger partial charge >= 0.3 is 6.01 Å². The molecule has 0 unspecified atom stereocenters. The van der Waals surface area contributed by atoms with Gasteiger partial charge in [0.1, 0.15) is 6.10 Å². The lowest BCUT2D eigenvalue weighted by Gasteiger charge is -2.28. The van der Waals surface area contributed by atoms with Gasteiger partial charge < -0.3 is 9.30 Å². The van der Waals surface area contributed by atoms with Crippen molar-refractivity contribution in [2.45, 2.75) is 56.7 Å². The van der Waals surface area contributed by atoms with Gasteiger partial charge in [0.2, 0.25) is 0 Å². The summed E-state index contributed by atoms with van der Waals surface area (Å²) >= 11 is 0. The zero-order valence-electron chi connectivity index (χ0n) is 14.6. The molecule has 0 spiro atoms. The van der Waals surface area contributed by atoms with Gasteiger partial charge in [-0.2, -0.15) is 0 Å². The van der Waals surface area contributed by atoms with Crippen LogP contribution in [0.15, 0.2) is 23.6 Å². The average Bonchev–Trinajstić information content (AvgIpc) is 2.95. The monoisotopic (exact) mass is 365 g/mol. The topological polar surface area (TPSA) is 99.0 Å². The molecule has 9 heteroatoms. The summed E-state index contributed by atoms with van der Waals surface area (Å²) in [6.45, 7) is 3.82. The largest absolute Gasteiger partial charge is 0.460 e. The first kappa shape index (κ1) is 17.8. The zero-order chi connectivity index (χ0) is 18.0. The van der Waals surface area contributed by atoms with E-state index in [1.165, 1.54) is 12.5 Å². The van der Waals surface area contributed by atoms with Gasteiger partial charge in [0, 0.05) is 30.7 Å². The summed E-state index contributed by atoms with van der Waals surface area (Å²) in [6.07, 6.45) is 5.91. The minimum Gasteiger partial charge on any atom is -0.460 e. The molecule has 1 fully saturated rings. The second kappa shape index (κ2) is 7.09. The van der Waals surface area contributed by atoms with E-state index in [9.17, 15) is 8.42 Å². The van der Waals surface area contributed by atoms with E-state index < -0.39 is 10.0 Å². The molecule has 2 aromatic heterocycles. The molecule has 1 aliphatic carbocycles. The van der Waals surface area contributed by atoms with E-state index in [1.54, 1.807) is 11.6 Å². The van der Waals surface area contributed by atoms with Gasteiger partial charge in [0.25, 0.3) is 10.0 Å². The van der Waals surface area contributed by atoms with Crippen LogP contribution in [-0.2, 0) is 17.1 Å². The molecule has 1 aliphatic rings. The van der Waals surface area contributed by atoms with Crippen LogP contribution in [0.4, 0.5) is 0 Å². The number of hydrogen-bond acceptors (Lipinski definition) is 6. The van der Waals surface area contributed by atoms with Gasteiger partial charge in [-0.25, -0.2) is 28.1 Å². The zero-order valence-corrected chi connectivity index (χ0v) is 15.5. The van der Waals surface area contributed by atoms with Gasteiger partial charge in [-0.15, -0.1) is 0 Å². The molecule has 0 bridgehead atoms. The van der Waals surface area contributed by atoms with Crippen LogP contribution in [0.5, 0.6) is 6.01 Å². The van der Waals surface area contributed by atoms with Crippen molar-refractivity contribution < 1.29 is 13.2 Å². The van der Waals surface area contributed by atoms with E-state index >= 15 is 0 Å². The first-order valence-corrected chi connectivity index (χ1v) is 9.79. The third-order valence-corrected chi connectivity index (χ3v) is 5.59. The van der Waals surface area contributed by atoms with Gasteiger partial charge in [0.05, 0.1) is 6.33 Å². The van der Waals surface area contributed by atoms with Crippen molar-refractivity contribution in [3.63, 3.8) is 0 Å². The van der Waals surface area contributed by atoms with Gasteiger partial charge in [-0.3, -0.25) is 0 Å². The Labute approximate surface area is 147 Å². The van der Waals surface area contributed by atoms with Crippen molar-refractivity contribution in [3.05, 3.63) is 30.0 Å². The predicted octanol–water partition coefficient (Wildman–Crippen LogP) is 1.50. The summed E-state index contributed by atoms with van der Waals surface area (Å²) in [7, 11) is -1.83. The Morgan fingerprint density at radius 1 is 1.16 bits per heavy atom. The molecule has 0 atom stereocenters. The van der Waals surface area contributed by atoms with Crippen LogP contribution in [0.25, 0.3) is 0 Å². The highest BCUT2D eigenvalue weighted by molar-refractivity contribution is 7.89. The van der Waals surface area contributed by atoms with E-state index in [-0.39, 0.29) is 17.2 Å². The van der Waals surface area contributed by atoms with Crippen molar-refractivity contribution in [1.29, 1.82) is 0 Å². The van der Waals surface area contributed by atoms with E-state index in [2.05, 4.69) is 19.7 Å². The molecule has 25 heavy (non-hydrogen) atoms. The minimum atomic E-state index is -3.57. The Kier molecular flexibility index (Phi) is 5.05. The fraction of sp³-hybridized carbons (Fsp3) is 0.562. The first-order valence-electron chi connectivity index (χ1n) is 8.31. The third-order valence-electron chi connectivity index (χ3n) is 4.19. The highest BCUT2D eigenvalue weighted by Crippen LogP contribution is 2.23. The predicted molar refractivity (Wildman–Crippen MR) is 91.7 cm³/mol. The number of hydrogen-bond donors (Lipinski definition) is 1. The number of rotatable bonds is 5. The second-order valence-corrected chi connectivity index (χ2v) is 8.18. The van der Waals surface area contributed by atoms with Gasteiger partial charge in [0.15, 0.2) is 5.03 Å². The number of nitrogens with zero attached hydrogens (tertiary/aromatic N) is 4. The van der Waals surface area contributed by atoms with Crippen molar-refractivity contribution in [2.24, 2.45) is 7.05 Å². The summed E-state index contributed by atoms with van der Waals surface area (Å²) in [5, 5.41) is 0.0528. The lowest BCUT2D eigenvalue weighted by atomic mass is 9.94. The standard InChI is InChI=1S/C16H23N5O3S/c1-11-8-12(2)19-16(18-11)24-14-6-4-13(5-7-14)20-25(22,23)15-9-21(3)10-17-15/h8-10,13-14,20H,4-7H2,1-3H3. The summed E-state index contributed by atoms with van der Waals surface area (Å²) in [5.74, 6) is 0. The maximum absolute atomic E-state index is 12.3. The molecule has 8 nitrogen and oxygen atoms in total. The van der Waals surface area contributed by atoms with Crippen LogP contribution in [0.1, 0.15) is 37.1 Å². The maximum Gasteiger partial charge on any atom is 0.317 e. The van der Waals surface area contributed by atoms with Crippen molar-refractivity contribution >= 4 is 10.0 Å². The molecule has 2 aromatic rings. The Morgan fingerprint density at radius 3 is 2.36 bits per heavy atom. The van der Waals surface area contributed by atoms with Gasteiger partial charge in [-0.05, 0) is 45.6 Å². The highest BCUT2D eigenvalue weighted by atomic mass is 32.2. The van der Waals surface area contributed by atoms with Gasteiger partial charge in [-0.1, -0.05) is 0 Å². The quantitative estimate of drug-likeness (QED) is 0.862. The van der Waals surface area contributed by atoms with E-state index in [0.29, 0.717) is 18.9 Å². The molecule has 136 valence electrons. The molecular formula is C16H23N5O3S. The van der Waals surface area contributed by atoms with Crippen LogP contribution >= 0.6 is 0 Å². The van der Waals surface area contributed by atoms with E-state index in [4.69, 9.17) is 4.74 Å². The fourth-order valence-electron chi connectivity index (χ4n) is 3.00. The van der Waals surface area contributed by atoms with Crippen molar-refractivity contribution in [3.8, 4) is 6.01 Å². The number of ether oxygens (including phenoxy) is 1. The van der Waals surface area contributed by atoms with Crippen LogP contribution in [0, 0.1) is 13.8 Å². The van der Waals surface area contributed by atoms with Crippen LogP contribution in [0.2, 0.25) is 0 Å². The maximum atomic E-state index is 12.3. The number of nitrogens with one attached hydrogen (secondary N) is 1. The van der Waals surface area contributed by atoms with Crippen LogP contribution in [-0.4, -0.2) is 40.1 Å². The number of aryl methyl sites for hydroxylation is 3. The molecular weight excluding hydrogens is 342 g/mol. The molecule has 0 aliphatic heterocycles. The summed E-state index contributed by atoms with van der Waals surface area (Å²) in [5.41, 5.74) is 1.75. The third kappa shape index (κ3) is 4.55. The molecule has 0 aromatic carbocycles. The molecule has 1 N–H and O–H groups in total. The van der Waals surface area contributed by atoms with Crippen LogP contribution < -0.4 is 9.46 Å². The fourth-order valence-corrected chi connectivity index (χ4v) is 4.29. The molecule has 2 heterocycles. The lowest BCUT2D eigenvalue weighted by molar-refractivity contribution is 0.131. The molecule has 0 amide bonds. The summed E-state index contributed by atoms with van der Waals surface area (Å²) in [4.78, 5) is 12.5. The second-order valence-electron chi connectivity index (χ2n) is 6.52. The Bertz CT molecular complexity index is 821. The SMILES string of the molecule is Cc1cc(C)nc(OC2CCC(NS(=O)(=O)c3cn(C)cn3)CC2)n1. The number of sulfonamides is 1. The summed E-state index contributed by atoms with van der Waals surface area (Å²) in [6, 6.07) is 2.19. The molecule has 0 radical (unpaired) electrons. The molecule has 3 rings (SSSR count). The van der Waals surface area contributed by atoms with E-state index in [1.807, 2.05) is 19.9 Å². The Balaban J connectivity index is 1.55. The average molecular weight is 365 g/mol.